The third-order valence-corrected chi connectivity index (χ3v) is 2.97. The van der Waals surface area contributed by atoms with Crippen LogP contribution in [-0.2, 0) is 4.79 Å². The molecule has 4 nitrogen and oxygen atoms in total. The van der Waals surface area contributed by atoms with Crippen molar-refractivity contribution >= 4 is 6.29 Å². The summed E-state index contributed by atoms with van der Waals surface area (Å²) in [5.74, 6) is 0. The molecule has 0 amide bonds. The average Bonchev–Trinajstić information content (AvgIpc) is 2.50. The minimum atomic E-state index is -0.335. The van der Waals surface area contributed by atoms with Gasteiger partial charge in [0.05, 0.1) is 4.92 Å². The second-order valence-corrected chi connectivity index (χ2v) is 4.83. The van der Waals surface area contributed by atoms with Gasteiger partial charge in [-0.3, -0.25) is 14.9 Å². The molecule has 4 heteroatoms. The molecule has 0 spiro atoms. The largest absolute Gasteiger partial charge is 0.291 e. The first-order valence-corrected chi connectivity index (χ1v) is 7.85. The van der Waals surface area contributed by atoms with Crippen LogP contribution in [-0.4, -0.2) is 11.2 Å². The van der Waals surface area contributed by atoms with Crippen LogP contribution in [0.5, 0.6) is 0 Å². The van der Waals surface area contributed by atoms with Crippen LogP contribution in [0.25, 0.3) is 0 Å². The van der Waals surface area contributed by atoms with Crippen LogP contribution in [0.4, 0.5) is 0 Å². The molecule has 0 heterocycles. The Morgan fingerprint density at radius 2 is 1.59 bits per heavy atom. The van der Waals surface area contributed by atoms with Gasteiger partial charge in [0.2, 0.25) is 5.70 Å². The molecular weight excluding hydrogens is 278 g/mol. The van der Waals surface area contributed by atoms with Crippen LogP contribution >= 0.6 is 0 Å². The number of hydrogen-bond acceptors (Lipinski definition) is 3. The lowest BCUT2D eigenvalue weighted by Crippen LogP contribution is -1.98. The van der Waals surface area contributed by atoms with Gasteiger partial charge in [-0.05, 0) is 44.6 Å². The fourth-order valence-corrected chi connectivity index (χ4v) is 1.78. The van der Waals surface area contributed by atoms with Gasteiger partial charge in [0, 0.05) is 12.8 Å². The molecule has 0 fully saturated rings. The van der Waals surface area contributed by atoms with Crippen LogP contribution in [0.15, 0.2) is 48.2 Å². The molecule has 0 saturated heterocycles. The minimum absolute atomic E-state index is 0.232. The lowest BCUT2D eigenvalue weighted by Gasteiger charge is -1.97. The topological polar surface area (TPSA) is 60.2 Å². The smallest absolute Gasteiger partial charge is 0.242 e. The summed E-state index contributed by atoms with van der Waals surface area (Å²) in [6, 6.07) is 0. The number of carbonyl (C=O) groups excluding carboxylic acids is 1. The zero-order valence-electron chi connectivity index (χ0n) is 13.4. The molecule has 0 aliphatic heterocycles. The zero-order chi connectivity index (χ0) is 16.5. The van der Waals surface area contributed by atoms with E-state index in [-0.39, 0.29) is 10.6 Å². The monoisotopic (exact) mass is 304 g/mol. The Bertz CT molecular complexity index is 420. The van der Waals surface area contributed by atoms with Crippen molar-refractivity contribution in [3.63, 3.8) is 0 Å². The van der Waals surface area contributed by atoms with Crippen molar-refractivity contribution in [2.45, 2.75) is 58.3 Å². The van der Waals surface area contributed by atoms with E-state index in [0.29, 0.717) is 32.1 Å². The van der Waals surface area contributed by atoms with E-state index in [1.807, 2.05) is 12.2 Å². The van der Waals surface area contributed by atoms with E-state index in [1.54, 1.807) is 12.4 Å². The fourth-order valence-electron chi connectivity index (χ4n) is 1.78. The maximum Gasteiger partial charge on any atom is 0.242 e. The summed E-state index contributed by atoms with van der Waals surface area (Å²) in [6.07, 6.45) is 21.4. The zero-order valence-corrected chi connectivity index (χ0v) is 13.4. The third-order valence-electron chi connectivity index (χ3n) is 2.97. The lowest BCUT2D eigenvalue weighted by molar-refractivity contribution is -0.428. The van der Waals surface area contributed by atoms with Crippen LogP contribution in [0.1, 0.15) is 58.3 Å². The van der Waals surface area contributed by atoms with Crippen LogP contribution in [0.2, 0.25) is 0 Å². The van der Waals surface area contributed by atoms with Crippen LogP contribution < -0.4 is 0 Å². The quantitative estimate of drug-likeness (QED) is 0.207. The molecule has 0 aliphatic carbocycles. The van der Waals surface area contributed by atoms with Gasteiger partial charge in [-0.2, -0.15) is 0 Å². The molecule has 0 saturated carbocycles. The highest BCUT2D eigenvalue weighted by Gasteiger charge is 2.08. The van der Waals surface area contributed by atoms with E-state index in [2.05, 4.69) is 31.2 Å². The van der Waals surface area contributed by atoms with Crippen molar-refractivity contribution in [2.75, 3.05) is 0 Å². The molecule has 0 aliphatic rings. The summed E-state index contributed by atoms with van der Waals surface area (Å²) in [7, 11) is 0. The van der Waals surface area contributed by atoms with Gasteiger partial charge in [0.25, 0.3) is 0 Å². The average molecular weight is 304 g/mol. The normalized spacial score (nSPS) is 12.7. The maximum atomic E-state index is 10.9. The van der Waals surface area contributed by atoms with E-state index in [0.717, 1.165) is 19.3 Å². The lowest BCUT2D eigenvalue weighted by atomic mass is 10.1. The Kier molecular flexibility index (Phi) is 14.0. The summed E-state index contributed by atoms with van der Waals surface area (Å²) >= 11 is 0. The van der Waals surface area contributed by atoms with Crippen molar-refractivity contribution in [3.05, 3.63) is 58.3 Å². The van der Waals surface area contributed by atoms with Gasteiger partial charge in [-0.25, -0.2) is 0 Å². The number of unbranched alkanes of at least 4 members (excludes halogenated alkanes) is 2. The van der Waals surface area contributed by atoms with Crippen molar-refractivity contribution in [1.82, 2.24) is 0 Å². The standard InChI is InChI=1S/C18H26NO3/c1-2-3-4-5-6-7-8-9-10-12-15-18(19(21)22)16-13-11-14-17-20/h3-4,6-7,9-10,15H,2,5,8,11-14,16H2,1H3/b4-3-,7-6-,10-9-,18-15+. The summed E-state index contributed by atoms with van der Waals surface area (Å²) in [5, 5.41) is 10.9. The molecule has 1 radical (unpaired) electrons. The van der Waals surface area contributed by atoms with E-state index in [9.17, 15) is 14.9 Å². The highest BCUT2D eigenvalue weighted by atomic mass is 16.6. The molecular formula is C18H26NO3. The summed E-state index contributed by atoms with van der Waals surface area (Å²) in [5.41, 5.74) is 0.232. The molecule has 0 aromatic heterocycles. The fraction of sp³-hybridized carbons (Fsp3) is 0.500. The number of allylic oxidation sites excluding steroid dienone is 8. The number of nitro groups is 1. The molecule has 0 bridgehead atoms. The molecule has 121 valence electrons. The molecule has 0 aromatic rings. The summed E-state index contributed by atoms with van der Waals surface area (Å²) in [4.78, 5) is 20.6. The Morgan fingerprint density at radius 1 is 1.00 bits per heavy atom. The SMILES string of the molecule is CC/C=C\C/C=C\C/C=C\C/C=C(\CCCC[C]=O)[N+](=O)[O-]. The second kappa shape index (κ2) is 15.4. The third kappa shape index (κ3) is 13.0. The Balaban J connectivity index is 3.97. The van der Waals surface area contributed by atoms with E-state index >= 15 is 0 Å². The Hall–Kier alpha value is -1.97. The molecule has 0 rings (SSSR count). The van der Waals surface area contributed by atoms with E-state index in [1.165, 1.54) is 0 Å². The summed E-state index contributed by atoms with van der Waals surface area (Å²) < 4.78 is 0. The van der Waals surface area contributed by atoms with E-state index in [4.69, 9.17) is 0 Å². The maximum absolute atomic E-state index is 10.9. The predicted octanol–water partition coefficient (Wildman–Crippen LogP) is 5.07. The number of nitrogens with zero attached hydrogens (tertiary/aromatic N) is 1. The minimum Gasteiger partial charge on any atom is -0.291 e. The predicted molar refractivity (Wildman–Crippen MR) is 90.8 cm³/mol. The van der Waals surface area contributed by atoms with Gasteiger partial charge >= 0.3 is 0 Å². The van der Waals surface area contributed by atoms with Gasteiger partial charge in [0.15, 0.2) is 6.29 Å². The van der Waals surface area contributed by atoms with Gasteiger partial charge in [-0.1, -0.05) is 43.4 Å². The Morgan fingerprint density at radius 3 is 2.14 bits per heavy atom. The molecule has 0 atom stereocenters. The Labute approximate surface area is 133 Å². The molecule has 22 heavy (non-hydrogen) atoms. The van der Waals surface area contributed by atoms with Crippen molar-refractivity contribution in [1.29, 1.82) is 0 Å². The first-order valence-electron chi connectivity index (χ1n) is 7.85. The second-order valence-electron chi connectivity index (χ2n) is 4.83. The van der Waals surface area contributed by atoms with Gasteiger partial charge < -0.3 is 0 Å². The van der Waals surface area contributed by atoms with Crippen LogP contribution in [0.3, 0.4) is 0 Å². The molecule has 0 unspecified atom stereocenters. The summed E-state index contributed by atoms with van der Waals surface area (Å²) in [6.45, 7) is 2.11. The first-order chi connectivity index (χ1) is 10.7. The van der Waals surface area contributed by atoms with Gasteiger partial charge in [0.1, 0.15) is 0 Å². The van der Waals surface area contributed by atoms with Crippen molar-refractivity contribution in [3.8, 4) is 0 Å². The van der Waals surface area contributed by atoms with E-state index < -0.39 is 0 Å². The number of hydrogen-bond donors (Lipinski definition) is 0. The van der Waals surface area contributed by atoms with Gasteiger partial charge in [-0.15, -0.1) is 0 Å². The highest BCUT2D eigenvalue weighted by Crippen LogP contribution is 2.10. The van der Waals surface area contributed by atoms with Crippen molar-refractivity contribution in [2.24, 2.45) is 0 Å². The highest BCUT2D eigenvalue weighted by molar-refractivity contribution is 5.50. The molecule has 0 aromatic carbocycles. The number of rotatable bonds is 13. The van der Waals surface area contributed by atoms with Crippen molar-refractivity contribution < 1.29 is 9.72 Å². The van der Waals surface area contributed by atoms with Crippen LogP contribution in [0, 0.1) is 10.1 Å². The first kappa shape index (κ1) is 20.0. The molecule has 0 N–H and O–H groups in total.